The molecule has 2 heterocycles. The van der Waals surface area contributed by atoms with Crippen molar-refractivity contribution in [2.75, 3.05) is 33.2 Å². The van der Waals surface area contributed by atoms with Crippen molar-refractivity contribution in [1.29, 1.82) is 0 Å². The molecule has 0 amide bonds. The fourth-order valence-corrected chi connectivity index (χ4v) is 2.55. The third kappa shape index (κ3) is 4.06. The van der Waals surface area contributed by atoms with Gasteiger partial charge in [0.25, 0.3) is 0 Å². The zero-order valence-corrected chi connectivity index (χ0v) is 12.5. The number of likely N-dealkylation sites (N-methyl/N-ethyl adjacent to an activating group) is 1. The first-order valence-corrected chi connectivity index (χ1v) is 7.39. The normalized spacial score (nSPS) is 21.9. The van der Waals surface area contributed by atoms with E-state index >= 15 is 0 Å². The summed E-state index contributed by atoms with van der Waals surface area (Å²) < 4.78 is 5.60. The van der Waals surface area contributed by atoms with Crippen molar-refractivity contribution in [2.45, 2.75) is 39.4 Å². The van der Waals surface area contributed by atoms with Crippen molar-refractivity contribution < 1.29 is 4.42 Å². The number of piperazine rings is 1. The molecule has 0 aliphatic carbocycles. The van der Waals surface area contributed by atoms with Gasteiger partial charge in [0.15, 0.2) is 0 Å². The van der Waals surface area contributed by atoms with Crippen molar-refractivity contribution in [1.82, 2.24) is 15.1 Å². The lowest BCUT2D eigenvalue weighted by Gasteiger charge is -2.37. The maximum atomic E-state index is 5.60. The van der Waals surface area contributed by atoms with Gasteiger partial charge in [-0.05, 0) is 33.0 Å². The third-order valence-corrected chi connectivity index (χ3v) is 3.99. The van der Waals surface area contributed by atoms with Crippen molar-refractivity contribution >= 4 is 0 Å². The number of hydrogen-bond donors (Lipinski definition) is 1. The highest BCUT2D eigenvalue weighted by atomic mass is 16.3. The van der Waals surface area contributed by atoms with Gasteiger partial charge >= 0.3 is 0 Å². The first kappa shape index (κ1) is 14.6. The fraction of sp³-hybridized carbons (Fsp3) is 0.733. The van der Waals surface area contributed by atoms with Crippen LogP contribution in [0, 0.1) is 0 Å². The van der Waals surface area contributed by atoms with E-state index in [1.54, 1.807) is 0 Å². The summed E-state index contributed by atoms with van der Waals surface area (Å²) in [6, 6.07) is 2.76. The highest BCUT2D eigenvalue weighted by molar-refractivity contribution is 5.17. The lowest BCUT2D eigenvalue weighted by Crippen LogP contribution is -2.49. The molecular formula is C15H27N3O. The minimum atomic E-state index is 0.641. The topological polar surface area (TPSA) is 31.7 Å². The first-order valence-electron chi connectivity index (χ1n) is 7.39. The standard InChI is InChI=1S/C15H27N3O/c1-4-6-16-10-15-14(5-9-19-15)12-18-8-7-17(3)13(2)11-18/h5,9,13,16H,4,6-8,10-12H2,1-3H3. The van der Waals surface area contributed by atoms with Gasteiger partial charge in [0.2, 0.25) is 0 Å². The highest BCUT2D eigenvalue weighted by Gasteiger charge is 2.21. The summed E-state index contributed by atoms with van der Waals surface area (Å²) in [5.41, 5.74) is 1.33. The van der Waals surface area contributed by atoms with Crippen LogP contribution in [0.1, 0.15) is 31.6 Å². The molecule has 1 unspecified atom stereocenters. The van der Waals surface area contributed by atoms with Crippen molar-refractivity contribution in [3.63, 3.8) is 0 Å². The smallest absolute Gasteiger partial charge is 0.122 e. The molecule has 1 saturated heterocycles. The second-order valence-corrected chi connectivity index (χ2v) is 5.61. The predicted molar refractivity (Wildman–Crippen MR) is 78.1 cm³/mol. The van der Waals surface area contributed by atoms with E-state index in [0.717, 1.165) is 51.4 Å². The van der Waals surface area contributed by atoms with Gasteiger partial charge in [-0.2, -0.15) is 0 Å². The van der Waals surface area contributed by atoms with Gasteiger partial charge in [0, 0.05) is 37.8 Å². The maximum Gasteiger partial charge on any atom is 0.122 e. The van der Waals surface area contributed by atoms with Crippen LogP contribution in [0.2, 0.25) is 0 Å². The van der Waals surface area contributed by atoms with Gasteiger partial charge in [0.1, 0.15) is 5.76 Å². The van der Waals surface area contributed by atoms with E-state index in [-0.39, 0.29) is 0 Å². The number of nitrogens with one attached hydrogen (secondary N) is 1. The zero-order chi connectivity index (χ0) is 13.7. The average Bonchev–Trinajstić information content (AvgIpc) is 2.82. The van der Waals surface area contributed by atoms with Crippen molar-refractivity contribution in [2.24, 2.45) is 0 Å². The molecule has 0 spiro atoms. The molecule has 1 aromatic heterocycles. The molecule has 1 aliphatic rings. The first-order chi connectivity index (χ1) is 9.20. The van der Waals surface area contributed by atoms with E-state index in [1.807, 2.05) is 6.26 Å². The van der Waals surface area contributed by atoms with Gasteiger partial charge < -0.3 is 14.6 Å². The molecule has 0 saturated carbocycles. The maximum absolute atomic E-state index is 5.60. The molecule has 108 valence electrons. The molecule has 4 heteroatoms. The summed E-state index contributed by atoms with van der Waals surface area (Å²) in [6.07, 6.45) is 2.98. The van der Waals surface area contributed by atoms with Crippen molar-refractivity contribution in [3.8, 4) is 0 Å². The lowest BCUT2D eigenvalue weighted by atomic mass is 10.1. The molecule has 0 radical (unpaired) electrons. The Kier molecular flexibility index (Phi) is 5.43. The fourth-order valence-electron chi connectivity index (χ4n) is 2.55. The Hall–Kier alpha value is -0.840. The van der Waals surface area contributed by atoms with Crippen LogP contribution in [0.4, 0.5) is 0 Å². The van der Waals surface area contributed by atoms with Gasteiger partial charge in [0.05, 0.1) is 12.8 Å². The van der Waals surface area contributed by atoms with Gasteiger partial charge in [-0.15, -0.1) is 0 Å². The predicted octanol–water partition coefficient (Wildman–Crippen LogP) is 1.92. The SMILES string of the molecule is CCCNCc1occc1CN1CCN(C)C(C)C1. The summed E-state index contributed by atoms with van der Waals surface area (Å²) in [5, 5.41) is 3.41. The van der Waals surface area contributed by atoms with Gasteiger partial charge in [-0.1, -0.05) is 6.92 Å². The largest absolute Gasteiger partial charge is 0.468 e. The quantitative estimate of drug-likeness (QED) is 0.796. The zero-order valence-electron chi connectivity index (χ0n) is 12.5. The van der Waals surface area contributed by atoms with Crippen LogP contribution < -0.4 is 5.32 Å². The number of furan rings is 1. The Balaban J connectivity index is 1.87. The minimum Gasteiger partial charge on any atom is -0.468 e. The average molecular weight is 265 g/mol. The molecule has 0 aromatic carbocycles. The van der Waals surface area contributed by atoms with Crippen LogP contribution in [0.5, 0.6) is 0 Å². The Labute approximate surface area is 116 Å². The monoisotopic (exact) mass is 265 g/mol. The van der Waals surface area contributed by atoms with E-state index in [1.165, 1.54) is 5.56 Å². The van der Waals surface area contributed by atoms with Crippen LogP contribution in [-0.4, -0.2) is 49.1 Å². The van der Waals surface area contributed by atoms with E-state index in [9.17, 15) is 0 Å². The minimum absolute atomic E-state index is 0.641. The summed E-state index contributed by atoms with van der Waals surface area (Å²) >= 11 is 0. The van der Waals surface area contributed by atoms with E-state index in [2.05, 4.69) is 42.1 Å². The Morgan fingerprint density at radius 2 is 2.26 bits per heavy atom. The third-order valence-electron chi connectivity index (χ3n) is 3.99. The second-order valence-electron chi connectivity index (χ2n) is 5.61. The van der Waals surface area contributed by atoms with Crippen LogP contribution in [-0.2, 0) is 13.1 Å². The lowest BCUT2D eigenvalue weighted by molar-refractivity contribution is 0.0995. The molecule has 4 nitrogen and oxygen atoms in total. The van der Waals surface area contributed by atoms with Gasteiger partial charge in [-0.25, -0.2) is 0 Å². The van der Waals surface area contributed by atoms with E-state index in [0.29, 0.717) is 6.04 Å². The summed E-state index contributed by atoms with van der Waals surface area (Å²) in [4.78, 5) is 4.95. The Morgan fingerprint density at radius 3 is 3.00 bits per heavy atom. The number of rotatable bonds is 6. The molecular weight excluding hydrogens is 238 g/mol. The number of hydrogen-bond acceptors (Lipinski definition) is 4. The van der Waals surface area contributed by atoms with Gasteiger partial charge in [-0.3, -0.25) is 4.90 Å². The molecule has 19 heavy (non-hydrogen) atoms. The highest BCUT2D eigenvalue weighted by Crippen LogP contribution is 2.16. The van der Waals surface area contributed by atoms with Crippen molar-refractivity contribution in [3.05, 3.63) is 23.7 Å². The van der Waals surface area contributed by atoms with Crippen LogP contribution in [0.15, 0.2) is 16.7 Å². The molecule has 1 aliphatic heterocycles. The van der Waals surface area contributed by atoms with Crippen LogP contribution in [0.3, 0.4) is 0 Å². The molecule has 1 fully saturated rings. The Bertz CT molecular complexity index is 377. The van der Waals surface area contributed by atoms with E-state index in [4.69, 9.17) is 4.42 Å². The summed E-state index contributed by atoms with van der Waals surface area (Å²) in [6.45, 7) is 10.8. The van der Waals surface area contributed by atoms with E-state index < -0.39 is 0 Å². The Morgan fingerprint density at radius 1 is 1.42 bits per heavy atom. The van der Waals surface area contributed by atoms with Crippen LogP contribution >= 0.6 is 0 Å². The molecule has 1 aromatic rings. The summed E-state index contributed by atoms with van der Waals surface area (Å²) in [5.74, 6) is 1.10. The molecule has 1 N–H and O–H groups in total. The number of nitrogens with zero attached hydrogens (tertiary/aromatic N) is 2. The van der Waals surface area contributed by atoms with Crippen LogP contribution in [0.25, 0.3) is 0 Å². The molecule has 2 rings (SSSR count). The summed E-state index contributed by atoms with van der Waals surface area (Å²) in [7, 11) is 2.21. The second kappa shape index (κ2) is 7.08. The molecule has 1 atom stereocenters. The molecule has 0 bridgehead atoms.